The number of ether oxygens (including phenoxy) is 1. The third-order valence-electron chi connectivity index (χ3n) is 4.96. The van der Waals surface area contributed by atoms with Gasteiger partial charge in [0, 0.05) is 11.6 Å². The highest BCUT2D eigenvalue weighted by molar-refractivity contribution is 6.02. The highest BCUT2D eigenvalue weighted by Gasteiger charge is 2.32. The normalized spacial score (nSPS) is 13.2. The van der Waals surface area contributed by atoms with Gasteiger partial charge in [-0.1, -0.05) is 44.2 Å². The summed E-state index contributed by atoms with van der Waals surface area (Å²) in [7, 11) is 1.65. The molecule has 1 aromatic heterocycles. The number of hydrogen-bond donors (Lipinski definition) is 1. The third-order valence-corrected chi connectivity index (χ3v) is 4.96. The quantitative estimate of drug-likeness (QED) is 0.693. The number of anilines is 1. The zero-order valence-electron chi connectivity index (χ0n) is 15.5. The van der Waals surface area contributed by atoms with Crippen molar-refractivity contribution < 1.29 is 9.53 Å². The fourth-order valence-corrected chi connectivity index (χ4v) is 3.04. The van der Waals surface area contributed by atoms with Crippen LogP contribution in [-0.4, -0.2) is 18.0 Å². The maximum atomic E-state index is 13.1. The summed E-state index contributed by atoms with van der Waals surface area (Å²) in [6, 6.07) is 17.6. The number of para-hydroxylation sites is 1. The second kappa shape index (κ2) is 7.56. The van der Waals surface area contributed by atoms with E-state index in [0.29, 0.717) is 6.42 Å². The van der Waals surface area contributed by atoms with Crippen LogP contribution >= 0.6 is 0 Å². The molecule has 0 saturated heterocycles. The van der Waals surface area contributed by atoms with Crippen LogP contribution in [0.4, 0.5) is 5.69 Å². The molecule has 3 aromatic rings. The lowest BCUT2D eigenvalue weighted by Crippen LogP contribution is -2.35. The number of rotatable bonds is 6. The van der Waals surface area contributed by atoms with Gasteiger partial charge in [-0.3, -0.25) is 9.78 Å². The Morgan fingerprint density at radius 2 is 1.85 bits per heavy atom. The molecule has 0 spiro atoms. The Labute approximate surface area is 154 Å². The SMILES string of the molecule is CCC(C)(Cc1ccc(OC)cc1)C(=O)Nc1cccc2cccnc12. The standard InChI is InChI=1S/C22H24N2O2/c1-4-22(2,15-16-10-12-18(26-3)13-11-16)21(25)24-19-9-5-7-17-8-6-14-23-20(17)19/h5-14H,4,15H2,1-3H3,(H,24,25). The minimum atomic E-state index is -0.508. The smallest absolute Gasteiger partial charge is 0.230 e. The molecule has 4 nitrogen and oxygen atoms in total. The topological polar surface area (TPSA) is 51.2 Å². The molecular weight excluding hydrogens is 324 g/mol. The summed E-state index contributed by atoms with van der Waals surface area (Å²) in [5, 5.41) is 4.11. The first-order valence-electron chi connectivity index (χ1n) is 8.84. The molecule has 1 amide bonds. The van der Waals surface area contributed by atoms with E-state index in [9.17, 15) is 4.79 Å². The number of fused-ring (bicyclic) bond motifs is 1. The van der Waals surface area contributed by atoms with Crippen molar-refractivity contribution in [3.8, 4) is 5.75 Å². The van der Waals surface area contributed by atoms with E-state index in [0.717, 1.165) is 34.3 Å². The Bertz CT molecular complexity index is 900. The lowest BCUT2D eigenvalue weighted by atomic mass is 9.80. The Balaban J connectivity index is 1.82. The Morgan fingerprint density at radius 1 is 1.12 bits per heavy atom. The summed E-state index contributed by atoms with van der Waals surface area (Å²) in [6.07, 6.45) is 3.15. The number of aromatic nitrogens is 1. The van der Waals surface area contributed by atoms with Gasteiger partial charge in [0.15, 0.2) is 0 Å². The van der Waals surface area contributed by atoms with Crippen molar-refractivity contribution >= 4 is 22.5 Å². The molecule has 0 bridgehead atoms. The van der Waals surface area contributed by atoms with Gasteiger partial charge < -0.3 is 10.1 Å². The molecule has 1 heterocycles. The first-order valence-corrected chi connectivity index (χ1v) is 8.84. The summed E-state index contributed by atoms with van der Waals surface area (Å²) in [5.41, 5.74) is 2.17. The fourth-order valence-electron chi connectivity index (χ4n) is 3.04. The van der Waals surface area contributed by atoms with Gasteiger partial charge in [0.25, 0.3) is 0 Å². The Morgan fingerprint density at radius 3 is 2.54 bits per heavy atom. The van der Waals surface area contributed by atoms with Gasteiger partial charge >= 0.3 is 0 Å². The van der Waals surface area contributed by atoms with Crippen LogP contribution in [0.5, 0.6) is 5.75 Å². The molecule has 1 atom stereocenters. The largest absolute Gasteiger partial charge is 0.497 e. The van der Waals surface area contributed by atoms with E-state index in [4.69, 9.17) is 4.74 Å². The van der Waals surface area contributed by atoms with Crippen molar-refractivity contribution in [2.45, 2.75) is 26.7 Å². The molecule has 0 aliphatic heterocycles. The van der Waals surface area contributed by atoms with E-state index in [1.54, 1.807) is 13.3 Å². The molecule has 4 heteroatoms. The van der Waals surface area contributed by atoms with Gasteiger partial charge in [0.2, 0.25) is 5.91 Å². The minimum Gasteiger partial charge on any atom is -0.497 e. The predicted octanol–water partition coefficient (Wildman–Crippen LogP) is 4.84. The molecule has 0 aliphatic carbocycles. The third kappa shape index (κ3) is 3.69. The van der Waals surface area contributed by atoms with Crippen LogP contribution < -0.4 is 10.1 Å². The van der Waals surface area contributed by atoms with E-state index in [1.807, 2.05) is 68.4 Å². The maximum absolute atomic E-state index is 13.1. The number of nitrogens with one attached hydrogen (secondary N) is 1. The monoisotopic (exact) mass is 348 g/mol. The van der Waals surface area contributed by atoms with Gasteiger partial charge in [-0.15, -0.1) is 0 Å². The lowest BCUT2D eigenvalue weighted by Gasteiger charge is -2.27. The second-order valence-corrected chi connectivity index (χ2v) is 6.77. The number of nitrogens with zero attached hydrogens (tertiary/aromatic N) is 1. The molecule has 1 unspecified atom stereocenters. The number of benzene rings is 2. The molecule has 134 valence electrons. The van der Waals surface area contributed by atoms with Gasteiger partial charge in [-0.25, -0.2) is 0 Å². The van der Waals surface area contributed by atoms with Crippen LogP contribution in [-0.2, 0) is 11.2 Å². The van der Waals surface area contributed by atoms with Crippen LogP contribution in [0.1, 0.15) is 25.8 Å². The number of pyridine rings is 1. The number of carbonyl (C=O) groups excluding carboxylic acids is 1. The highest BCUT2D eigenvalue weighted by Crippen LogP contribution is 2.30. The number of carbonyl (C=O) groups is 1. The molecule has 0 aliphatic rings. The minimum absolute atomic E-state index is 0.00831. The van der Waals surface area contributed by atoms with Crippen LogP contribution in [0.3, 0.4) is 0 Å². The summed E-state index contributed by atoms with van der Waals surface area (Å²) in [6.45, 7) is 4.05. The molecule has 0 fully saturated rings. The maximum Gasteiger partial charge on any atom is 0.230 e. The zero-order valence-corrected chi connectivity index (χ0v) is 15.5. The van der Waals surface area contributed by atoms with Crippen molar-refractivity contribution in [2.24, 2.45) is 5.41 Å². The van der Waals surface area contributed by atoms with Crippen molar-refractivity contribution in [1.82, 2.24) is 4.98 Å². The Hall–Kier alpha value is -2.88. The molecule has 26 heavy (non-hydrogen) atoms. The van der Waals surface area contributed by atoms with Crippen molar-refractivity contribution in [3.63, 3.8) is 0 Å². The average Bonchev–Trinajstić information content (AvgIpc) is 2.68. The van der Waals surface area contributed by atoms with Gasteiger partial charge in [0.05, 0.1) is 23.7 Å². The first kappa shape index (κ1) is 17.9. The first-order chi connectivity index (χ1) is 12.6. The molecular formula is C22H24N2O2. The Kier molecular flexibility index (Phi) is 5.21. The van der Waals surface area contributed by atoms with Crippen LogP contribution in [0, 0.1) is 5.41 Å². The summed E-state index contributed by atoms with van der Waals surface area (Å²) in [4.78, 5) is 17.5. The molecule has 1 N–H and O–H groups in total. The van der Waals surface area contributed by atoms with Gasteiger partial charge in [-0.05, 0) is 42.7 Å². The highest BCUT2D eigenvalue weighted by atomic mass is 16.5. The summed E-state index contributed by atoms with van der Waals surface area (Å²) < 4.78 is 5.21. The summed E-state index contributed by atoms with van der Waals surface area (Å²) in [5.74, 6) is 0.826. The fraction of sp³-hybridized carbons (Fsp3) is 0.273. The van der Waals surface area contributed by atoms with Crippen LogP contribution in [0.2, 0.25) is 0 Å². The summed E-state index contributed by atoms with van der Waals surface area (Å²) >= 11 is 0. The van der Waals surface area contributed by atoms with Gasteiger partial charge in [-0.2, -0.15) is 0 Å². The lowest BCUT2D eigenvalue weighted by molar-refractivity contribution is -0.124. The molecule has 0 radical (unpaired) electrons. The number of hydrogen-bond acceptors (Lipinski definition) is 3. The predicted molar refractivity (Wildman–Crippen MR) is 105 cm³/mol. The van der Waals surface area contributed by atoms with Gasteiger partial charge in [0.1, 0.15) is 5.75 Å². The van der Waals surface area contributed by atoms with E-state index in [-0.39, 0.29) is 5.91 Å². The average molecular weight is 348 g/mol. The van der Waals surface area contributed by atoms with Crippen molar-refractivity contribution in [1.29, 1.82) is 0 Å². The molecule has 2 aromatic carbocycles. The number of amides is 1. The second-order valence-electron chi connectivity index (χ2n) is 6.77. The van der Waals surface area contributed by atoms with Crippen molar-refractivity contribution in [3.05, 3.63) is 66.4 Å². The van der Waals surface area contributed by atoms with Crippen LogP contribution in [0.25, 0.3) is 10.9 Å². The van der Waals surface area contributed by atoms with E-state index in [1.165, 1.54) is 0 Å². The van der Waals surface area contributed by atoms with E-state index >= 15 is 0 Å². The van der Waals surface area contributed by atoms with Crippen molar-refractivity contribution in [2.75, 3.05) is 12.4 Å². The molecule has 3 rings (SSSR count). The van der Waals surface area contributed by atoms with Crippen LogP contribution in [0.15, 0.2) is 60.8 Å². The van der Waals surface area contributed by atoms with E-state index < -0.39 is 5.41 Å². The molecule has 0 saturated carbocycles. The number of methoxy groups -OCH3 is 1. The van der Waals surface area contributed by atoms with E-state index in [2.05, 4.69) is 10.3 Å². The zero-order chi connectivity index (χ0) is 18.6.